The Labute approximate surface area is 115 Å². The van der Waals surface area contributed by atoms with Crippen molar-refractivity contribution in [3.05, 3.63) is 71.0 Å². The molecule has 0 aliphatic rings. The SMILES string of the molecule is O=C(/C=C/c1ccc(F)cc1)Oc1ccccc1Cl. The van der Waals surface area contributed by atoms with Gasteiger partial charge in [0.05, 0.1) is 5.02 Å². The summed E-state index contributed by atoms with van der Waals surface area (Å²) >= 11 is 5.86. The molecule has 0 spiro atoms. The van der Waals surface area contributed by atoms with Crippen molar-refractivity contribution in [3.63, 3.8) is 0 Å². The number of carbonyl (C=O) groups excluding carboxylic acids is 1. The van der Waals surface area contributed by atoms with Gasteiger partial charge in [0.15, 0.2) is 0 Å². The standard InChI is InChI=1S/C15H10ClFO2/c16-13-3-1-2-4-14(13)19-15(18)10-7-11-5-8-12(17)9-6-11/h1-10H/b10-7+. The zero-order valence-corrected chi connectivity index (χ0v) is 10.6. The van der Waals surface area contributed by atoms with Crippen molar-refractivity contribution in [1.29, 1.82) is 0 Å². The van der Waals surface area contributed by atoms with Crippen LogP contribution in [-0.2, 0) is 4.79 Å². The van der Waals surface area contributed by atoms with Crippen LogP contribution in [0.15, 0.2) is 54.6 Å². The average molecular weight is 277 g/mol. The van der Waals surface area contributed by atoms with E-state index in [9.17, 15) is 9.18 Å². The number of esters is 1. The molecule has 19 heavy (non-hydrogen) atoms. The highest BCUT2D eigenvalue weighted by Gasteiger charge is 2.04. The molecule has 0 radical (unpaired) electrons. The fourth-order valence-electron chi connectivity index (χ4n) is 1.41. The van der Waals surface area contributed by atoms with Gasteiger partial charge >= 0.3 is 5.97 Å². The summed E-state index contributed by atoms with van der Waals surface area (Å²) < 4.78 is 17.7. The molecule has 0 saturated heterocycles. The van der Waals surface area contributed by atoms with Crippen molar-refractivity contribution >= 4 is 23.6 Å². The highest BCUT2D eigenvalue weighted by atomic mass is 35.5. The summed E-state index contributed by atoms with van der Waals surface area (Å²) in [4.78, 5) is 11.6. The quantitative estimate of drug-likeness (QED) is 0.479. The Morgan fingerprint density at radius 1 is 1.11 bits per heavy atom. The van der Waals surface area contributed by atoms with Gasteiger partial charge in [-0.3, -0.25) is 0 Å². The Balaban J connectivity index is 2.02. The van der Waals surface area contributed by atoms with Crippen LogP contribution in [0.2, 0.25) is 5.02 Å². The molecule has 0 aliphatic heterocycles. The summed E-state index contributed by atoms with van der Waals surface area (Å²) in [5.74, 6) is -0.564. The van der Waals surface area contributed by atoms with Crippen LogP contribution in [0.1, 0.15) is 5.56 Å². The van der Waals surface area contributed by atoms with Crippen molar-refractivity contribution in [2.24, 2.45) is 0 Å². The van der Waals surface area contributed by atoms with E-state index in [1.807, 2.05) is 0 Å². The second kappa shape index (κ2) is 6.16. The van der Waals surface area contributed by atoms with E-state index >= 15 is 0 Å². The van der Waals surface area contributed by atoms with Crippen LogP contribution in [0.5, 0.6) is 5.75 Å². The average Bonchev–Trinajstić information content (AvgIpc) is 2.41. The monoisotopic (exact) mass is 276 g/mol. The van der Waals surface area contributed by atoms with Crippen molar-refractivity contribution in [3.8, 4) is 5.75 Å². The van der Waals surface area contributed by atoms with Gasteiger partial charge in [-0.15, -0.1) is 0 Å². The highest BCUT2D eigenvalue weighted by molar-refractivity contribution is 6.32. The van der Waals surface area contributed by atoms with Crippen LogP contribution in [-0.4, -0.2) is 5.97 Å². The highest BCUT2D eigenvalue weighted by Crippen LogP contribution is 2.23. The molecule has 0 aliphatic carbocycles. The zero-order valence-electron chi connectivity index (χ0n) is 9.85. The molecule has 0 aromatic heterocycles. The molecule has 2 nitrogen and oxygen atoms in total. The molecule has 96 valence electrons. The molecule has 4 heteroatoms. The second-order valence-corrected chi connectivity index (χ2v) is 4.14. The van der Waals surface area contributed by atoms with E-state index in [1.54, 1.807) is 42.5 Å². The number of carbonyl (C=O) groups is 1. The Bertz CT molecular complexity index is 606. The molecular weight excluding hydrogens is 267 g/mol. The molecule has 2 aromatic carbocycles. The lowest BCUT2D eigenvalue weighted by molar-refractivity contribution is -0.128. The molecule has 0 saturated carbocycles. The van der Waals surface area contributed by atoms with Crippen molar-refractivity contribution in [2.45, 2.75) is 0 Å². The van der Waals surface area contributed by atoms with Gasteiger partial charge in [0.1, 0.15) is 11.6 Å². The number of para-hydroxylation sites is 1. The molecular formula is C15H10ClFO2. The van der Waals surface area contributed by atoms with Gasteiger partial charge in [0.25, 0.3) is 0 Å². The van der Waals surface area contributed by atoms with Gasteiger partial charge in [-0.05, 0) is 35.9 Å². The molecule has 0 bridgehead atoms. The number of rotatable bonds is 3. The summed E-state index contributed by atoms with van der Waals surface area (Å²) in [5.41, 5.74) is 0.706. The fourth-order valence-corrected chi connectivity index (χ4v) is 1.58. The number of ether oxygens (including phenoxy) is 1. The van der Waals surface area contributed by atoms with Crippen molar-refractivity contribution < 1.29 is 13.9 Å². The van der Waals surface area contributed by atoms with Gasteiger partial charge in [-0.25, -0.2) is 9.18 Å². The van der Waals surface area contributed by atoms with Crippen LogP contribution in [0.4, 0.5) is 4.39 Å². The van der Waals surface area contributed by atoms with Gasteiger partial charge < -0.3 is 4.74 Å². The molecule has 2 rings (SSSR count). The summed E-state index contributed by atoms with van der Waals surface area (Å²) in [6.07, 6.45) is 2.80. The zero-order chi connectivity index (χ0) is 13.7. The summed E-state index contributed by atoms with van der Waals surface area (Å²) in [6.45, 7) is 0. The van der Waals surface area contributed by atoms with Crippen LogP contribution < -0.4 is 4.74 Å². The van der Waals surface area contributed by atoms with Crippen LogP contribution in [0, 0.1) is 5.82 Å². The Kier molecular flexibility index (Phi) is 4.31. The van der Waals surface area contributed by atoms with E-state index in [4.69, 9.17) is 16.3 Å². The largest absolute Gasteiger partial charge is 0.422 e. The minimum absolute atomic E-state index is 0.304. The third kappa shape index (κ3) is 3.93. The normalized spacial score (nSPS) is 10.6. The number of hydrogen-bond donors (Lipinski definition) is 0. The molecule has 0 heterocycles. The maximum atomic E-state index is 12.7. The van der Waals surface area contributed by atoms with Crippen molar-refractivity contribution in [1.82, 2.24) is 0 Å². The summed E-state index contributed by atoms with van der Waals surface area (Å²) in [6, 6.07) is 12.5. The fraction of sp³-hybridized carbons (Fsp3) is 0. The lowest BCUT2D eigenvalue weighted by atomic mass is 10.2. The third-order valence-corrected chi connectivity index (χ3v) is 2.64. The van der Waals surface area contributed by atoms with Gasteiger partial charge in [0.2, 0.25) is 0 Å². The maximum absolute atomic E-state index is 12.7. The predicted octanol–water partition coefficient (Wildman–Crippen LogP) is 4.10. The van der Waals surface area contributed by atoms with E-state index in [-0.39, 0.29) is 5.82 Å². The molecule has 2 aromatic rings. The van der Waals surface area contributed by atoms with Gasteiger partial charge in [0, 0.05) is 6.08 Å². The van der Waals surface area contributed by atoms with Crippen LogP contribution >= 0.6 is 11.6 Å². The van der Waals surface area contributed by atoms with Crippen LogP contribution in [0.3, 0.4) is 0 Å². The van der Waals surface area contributed by atoms with Crippen LogP contribution in [0.25, 0.3) is 6.08 Å². The van der Waals surface area contributed by atoms with E-state index < -0.39 is 5.97 Å². The van der Waals surface area contributed by atoms with E-state index in [1.165, 1.54) is 18.2 Å². The van der Waals surface area contributed by atoms with Crippen molar-refractivity contribution in [2.75, 3.05) is 0 Å². The lowest BCUT2D eigenvalue weighted by Gasteiger charge is -2.02. The Morgan fingerprint density at radius 2 is 1.79 bits per heavy atom. The van der Waals surface area contributed by atoms with Gasteiger partial charge in [-0.1, -0.05) is 35.9 Å². The smallest absolute Gasteiger partial charge is 0.336 e. The number of hydrogen-bond acceptors (Lipinski definition) is 2. The third-order valence-electron chi connectivity index (χ3n) is 2.33. The molecule has 0 amide bonds. The molecule has 0 N–H and O–H groups in total. The molecule has 0 fully saturated rings. The van der Waals surface area contributed by atoms with E-state index in [0.29, 0.717) is 16.3 Å². The first-order valence-electron chi connectivity index (χ1n) is 5.55. The predicted molar refractivity (Wildman–Crippen MR) is 72.5 cm³/mol. The molecule has 0 atom stereocenters. The minimum Gasteiger partial charge on any atom is -0.422 e. The number of halogens is 2. The second-order valence-electron chi connectivity index (χ2n) is 3.74. The lowest BCUT2D eigenvalue weighted by Crippen LogP contribution is -2.03. The van der Waals surface area contributed by atoms with E-state index in [2.05, 4.69) is 0 Å². The summed E-state index contributed by atoms with van der Waals surface area (Å²) in [7, 11) is 0. The maximum Gasteiger partial charge on any atom is 0.336 e. The Morgan fingerprint density at radius 3 is 2.47 bits per heavy atom. The first-order valence-corrected chi connectivity index (χ1v) is 5.93. The number of benzene rings is 2. The van der Waals surface area contributed by atoms with E-state index in [0.717, 1.165) is 0 Å². The van der Waals surface area contributed by atoms with Gasteiger partial charge in [-0.2, -0.15) is 0 Å². The summed E-state index contributed by atoms with van der Waals surface area (Å²) in [5, 5.41) is 0.367. The first kappa shape index (κ1) is 13.3. The Hall–Kier alpha value is -2.13. The minimum atomic E-state index is -0.544. The molecule has 0 unspecified atom stereocenters. The first-order chi connectivity index (χ1) is 9.15. The topological polar surface area (TPSA) is 26.3 Å².